The van der Waals surface area contributed by atoms with E-state index in [9.17, 15) is 0 Å². The van der Waals surface area contributed by atoms with Crippen molar-refractivity contribution in [2.45, 2.75) is 56.9 Å². The van der Waals surface area contributed by atoms with E-state index in [2.05, 4.69) is 15.3 Å². The molecule has 0 aromatic carbocycles. The molecule has 98 valence electrons. The van der Waals surface area contributed by atoms with Crippen LogP contribution in [0, 0.1) is 0 Å². The first-order valence-electron chi connectivity index (χ1n) is 7.14. The Bertz CT molecular complexity index is 420. The lowest BCUT2D eigenvalue weighted by atomic mass is 9.76. The van der Waals surface area contributed by atoms with E-state index in [1.165, 1.54) is 49.8 Å². The van der Waals surface area contributed by atoms with Gasteiger partial charge in [0, 0.05) is 17.8 Å². The number of nitrogens with one attached hydrogen (secondary N) is 1. The smallest absolute Gasteiger partial charge is 0.133 e. The van der Waals surface area contributed by atoms with Gasteiger partial charge < -0.3 is 11.1 Å². The molecule has 0 atom stereocenters. The highest BCUT2D eigenvalue weighted by Gasteiger charge is 2.36. The molecule has 1 aromatic heterocycles. The molecular formula is C14H22N4. The SMILES string of the molecule is NCC1(Nc2ncnc3c2CCCCC3)CCC1. The number of nitrogens with zero attached hydrogens (tertiary/aromatic N) is 2. The van der Waals surface area contributed by atoms with Crippen LogP contribution >= 0.6 is 0 Å². The van der Waals surface area contributed by atoms with Gasteiger partial charge in [0.25, 0.3) is 0 Å². The summed E-state index contributed by atoms with van der Waals surface area (Å²) in [6.45, 7) is 0.700. The van der Waals surface area contributed by atoms with E-state index < -0.39 is 0 Å². The van der Waals surface area contributed by atoms with Gasteiger partial charge in [-0.05, 0) is 44.9 Å². The van der Waals surface area contributed by atoms with Gasteiger partial charge in [0.2, 0.25) is 0 Å². The minimum Gasteiger partial charge on any atom is -0.363 e. The maximum Gasteiger partial charge on any atom is 0.133 e. The highest BCUT2D eigenvalue weighted by atomic mass is 15.1. The molecule has 1 fully saturated rings. The van der Waals surface area contributed by atoms with Gasteiger partial charge in [-0.25, -0.2) is 9.97 Å². The molecule has 1 saturated carbocycles. The normalized spacial score (nSPS) is 21.6. The van der Waals surface area contributed by atoms with Crippen molar-refractivity contribution in [2.24, 2.45) is 5.73 Å². The number of aromatic nitrogens is 2. The minimum atomic E-state index is 0.106. The molecule has 0 amide bonds. The molecule has 2 aliphatic rings. The fourth-order valence-electron chi connectivity index (χ4n) is 3.04. The van der Waals surface area contributed by atoms with Gasteiger partial charge in [-0.1, -0.05) is 6.42 Å². The van der Waals surface area contributed by atoms with Crippen LogP contribution < -0.4 is 11.1 Å². The number of hydrogen-bond donors (Lipinski definition) is 2. The van der Waals surface area contributed by atoms with Gasteiger partial charge in [0.05, 0.1) is 5.54 Å². The topological polar surface area (TPSA) is 63.8 Å². The van der Waals surface area contributed by atoms with Crippen LogP contribution in [0.5, 0.6) is 0 Å². The van der Waals surface area contributed by atoms with Crippen molar-refractivity contribution in [3.63, 3.8) is 0 Å². The Hall–Kier alpha value is -1.16. The number of nitrogens with two attached hydrogens (primary N) is 1. The predicted molar refractivity (Wildman–Crippen MR) is 72.6 cm³/mol. The van der Waals surface area contributed by atoms with Crippen LogP contribution in [0.15, 0.2) is 6.33 Å². The Morgan fingerprint density at radius 1 is 1.11 bits per heavy atom. The first-order valence-corrected chi connectivity index (χ1v) is 7.14. The van der Waals surface area contributed by atoms with E-state index >= 15 is 0 Å². The average molecular weight is 246 g/mol. The monoisotopic (exact) mass is 246 g/mol. The van der Waals surface area contributed by atoms with Gasteiger partial charge in [-0.3, -0.25) is 0 Å². The zero-order valence-electron chi connectivity index (χ0n) is 10.9. The van der Waals surface area contributed by atoms with E-state index in [-0.39, 0.29) is 5.54 Å². The quantitative estimate of drug-likeness (QED) is 0.801. The highest BCUT2D eigenvalue weighted by Crippen LogP contribution is 2.35. The Labute approximate surface area is 108 Å². The standard InChI is InChI=1S/C14H22N4/c15-9-14(7-4-8-14)18-13-11-5-2-1-3-6-12(11)16-10-17-13/h10H,1-9,15H2,(H,16,17,18). The van der Waals surface area contributed by atoms with Gasteiger partial charge in [-0.15, -0.1) is 0 Å². The molecular weight excluding hydrogens is 224 g/mol. The summed E-state index contributed by atoms with van der Waals surface area (Å²) in [5.41, 5.74) is 8.61. The van der Waals surface area contributed by atoms with Crippen LogP contribution in [0.2, 0.25) is 0 Å². The molecule has 1 heterocycles. The summed E-state index contributed by atoms with van der Waals surface area (Å²) >= 11 is 0. The van der Waals surface area contributed by atoms with Crippen molar-refractivity contribution in [3.8, 4) is 0 Å². The van der Waals surface area contributed by atoms with Crippen LogP contribution in [0.4, 0.5) is 5.82 Å². The first-order chi connectivity index (χ1) is 8.83. The fourth-order valence-corrected chi connectivity index (χ4v) is 3.04. The number of aryl methyl sites for hydroxylation is 1. The average Bonchev–Trinajstić information content (AvgIpc) is 2.59. The zero-order chi connectivity index (χ0) is 12.4. The minimum absolute atomic E-state index is 0.106. The molecule has 2 aliphatic carbocycles. The first kappa shape index (κ1) is 11.9. The van der Waals surface area contributed by atoms with E-state index in [0.29, 0.717) is 6.54 Å². The summed E-state index contributed by atoms with van der Waals surface area (Å²) in [6.07, 6.45) is 11.3. The Morgan fingerprint density at radius 3 is 2.67 bits per heavy atom. The summed E-state index contributed by atoms with van der Waals surface area (Å²) in [5.74, 6) is 1.05. The van der Waals surface area contributed by atoms with Gasteiger partial charge in [-0.2, -0.15) is 0 Å². The fraction of sp³-hybridized carbons (Fsp3) is 0.714. The van der Waals surface area contributed by atoms with Crippen molar-refractivity contribution in [2.75, 3.05) is 11.9 Å². The van der Waals surface area contributed by atoms with E-state index in [1.807, 2.05) is 0 Å². The predicted octanol–water partition coefficient (Wildman–Crippen LogP) is 2.04. The molecule has 0 bridgehead atoms. The van der Waals surface area contributed by atoms with Crippen LogP contribution in [0.3, 0.4) is 0 Å². The van der Waals surface area contributed by atoms with Crippen LogP contribution in [-0.4, -0.2) is 22.1 Å². The van der Waals surface area contributed by atoms with Gasteiger partial charge in [0.15, 0.2) is 0 Å². The third kappa shape index (κ3) is 2.09. The molecule has 0 spiro atoms. The van der Waals surface area contributed by atoms with Crippen molar-refractivity contribution in [3.05, 3.63) is 17.6 Å². The Balaban J connectivity index is 1.87. The van der Waals surface area contributed by atoms with E-state index in [0.717, 1.165) is 18.7 Å². The molecule has 4 heteroatoms. The lowest BCUT2D eigenvalue weighted by Gasteiger charge is -2.42. The second kappa shape index (κ2) is 4.84. The molecule has 4 nitrogen and oxygen atoms in total. The maximum absolute atomic E-state index is 5.92. The number of fused-ring (bicyclic) bond motifs is 1. The molecule has 3 rings (SSSR count). The third-order valence-corrected chi connectivity index (χ3v) is 4.46. The molecule has 0 aliphatic heterocycles. The largest absolute Gasteiger partial charge is 0.363 e. The van der Waals surface area contributed by atoms with E-state index in [1.54, 1.807) is 6.33 Å². The third-order valence-electron chi connectivity index (χ3n) is 4.46. The summed E-state index contributed by atoms with van der Waals surface area (Å²) in [4.78, 5) is 8.93. The molecule has 1 aromatic rings. The summed E-state index contributed by atoms with van der Waals surface area (Å²) in [7, 11) is 0. The lowest BCUT2D eigenvalue weighted by molar-refractivity contribution is 0.286. The molecule has 0 saturated heterocycles. The van der Waals surface area contributed by atoms with Gasteiger partial charge >= 0.3 is 0 Å². The van der Waals surface area contributed by atoms with Crippen molar-refractivity contribution in [1.29, 1.82) is 0 Å². The molecule has 0 unspecified atom stereocenters. The summed E-state index contributed by atoms with van der Waals surface area (Å²) in [5, 5.41) is 3.62. The van der Waals surface area contributed by atoms with Crippen LogP contribution in [0.25, 0.3) is 0 Å². The Kier molecular flexibility index (Phi) is 3.20. The molecule has 18 heavy (non-hydrogen) atoms. The second-order valence-corrected chi connectivity index (χ2v) is 5.67. The lowest BCUT2D eigenvalue weighted by Crippen LogP contribution is -2.51. The highest BCUT2D eigenvalue weighted by molar-refractivity contribution is 5.49. The Morgan fingerprint density at radius 2 is 1.94 bits per heavy atom. The second-order valence-electron chi connectivity index (χ2n) is 5.67. The molecule has 3 N–H and O–H groups in total. The van der Waals surface area contributed by atoms with E-state index in [4.69, 9.17) is 5.73 Å². The van der Waals surface area contributed by atoms with Crippen LogP contribution in [0.1, 0.15) is 49.8 Å². The number of anilines is 1. The summed E-state index contributed by atoms with van der Waals surface area (Å²) in [6, 6.07) is 0. The number of hydrogen-bond acceptors (Lipinski definition) is 4. The van der Waals surface area contributed by atoms with Crippen molar-refractivity contribution < 1.29 is 0 Å². The van der Waals surface area contributed by atoms with Crippen LogP contribution in [-0.2, 0) is 12.8 Å². The molecule has 0 radical (unpaired) electrons. The number of rotatable bonds is 3. The van der Waals surface area contributed by atoms with Crippen molar-refractivity contribution >= 4 is 5.82 Å². The maximum atomic E-state index is 5.92. The summed E-state index contributed by atoms with van der Waals surface area (Å²) < 4.78 is 0. The van der Waals surface area contributed by atoms with Gasteiger partial charge in [0.1, 0.15) is 12.1 Å². The zero-order valence-corrected chi connectivity index (χ0v) is 10.9. The van der Waals surface area contributed by atoms with Crippen molar-refractivity contribution in [1.82, 2.24) is 9.97 Å².